The Kier molecular flexibility index (Phi) is 3.55. The third-order valence-electron chi connectivity index (χ3n) is 4.33. The maximum absolute atomic E-state index is 10.2. The van der Waals surface area contributed by atoms with Crippen LogP contribution in [0.25, 0.3) is 0 Å². The van der Waals surface area contributed by atoms with Crippen molar-refractivity contribution >= 4 is 5.97 Å². The van der Waals surface area contributed by atoms with Gasteiger partial charge in [0.2, 0.25) is 0 Å². The van der Waals surface area contributed by atoms with Crippen LogP contribution in [-0.4, -0.2) is 11.1 Å². The van der Waals surface area contributed by atoms with Crippen LogP contribution in [0.4, 0.5) is 0 Å². The molecule has 2 aromatic rings. The van der Waals surface area contributed by atoms with E-state index in [1.165, 1.54) is 19.3 Å². The van der Waals surface area contributed by atoms with E-state index in [2.05, 4.69) is 24.3 Å². The van der Waals surface area contributed by atoms with Crippen molar-refractivity contribution in [2.24, 2.45) is 0 Å². The van der Waals surface area contributed by atoms with Crippen LogP contribution >= 0.6 is 0 Å². The zero-order valence-corrected chi connectivity index (χ0v) is 11.3. The van der Waals surface area contributed by atoms with Gasteiger partial charge in [0, 0.05) is 0 Å². The van der Waals surface area contributed by atoms with Gasteiger partial charge in [-0.3, -0.25) is 0 Å². The summed E-state index contributed by atoms with van der Waals surface area (Å²) >= 11 is 0. The van der Waals surface area contributed by atoms with Gasteiger partial charge in [0.05, 0.1) is 5.56 Å². The van der Waals surface area contributed by atoms with Crippen LogP contribution in [0.15, 0.2) is 54.6 Å². The molecular weight excluding hydrogens is 248 g/mol. The minimum atomic E-state index is -0.879. The SMILES string of the molecule is O=C(O)c1ccccc1.c1ccc2c(c1)C1CCC2C1. The molecule has 2 heteroatoms. The number of carbonyl (C=O) groups is 1. The summed E-state index contributed by atoms with van der Waals surface area (Å²) in [5.74, 6) is 0.975. The minimum absolute atomic E-state index is 0.331. The van der Waals surface area contributed by atoms with Gasteiger partial charge in [-0.1, -0.05) is 42.5 Å². The van der Waals surface area contributed by atoms with Gasteiger partial charge >= 0.3 is 5.97 Å². The summed E-state index contributed by atoms with van der Waals surface area (Å²) in [7, 11) is 0. The first-order valence-corrected chi connectivity index (χ1v) is 7.13. The van der Waals surface area contributed by atoms with Crippen molar-refractivity contribution in [3.63, 3.8) is 0 Å². The number of carboxylic acid groups (broad SMARTS) is 1. The van der Waals surface area contributed by atoms with E-state index in [0.717, 1.165) is 11.8 Å². The van der Waals surface area contributed by atoms with Gasteiger partial charge < -0.3 is 5.11 Å². The molecule has 0 amide bonds. The van der Waals surface area contributed by atoms with Crippen molar-refractivity contribution in [2.75, 3.05) is 0 Å². The summed E-state index contributed by atoms with van der Waals surface area (Å²) < 4.78 is 0. The highest BCUT2D eigenvalue weighted by Crippen LogP contribution is 2.52. The molecule has 1 saturated carbocycles. The van der Waals surface area contributed by atoms with Crippen LogP contribution in [0.2, 0.25) is 0 Å². The van der Waals surface area contributed by atoms with E-state index >= 15 is 0 Å². The molecule has 2 bridgehead atoms. The Bertz CT molecular complexity index is 575. The number of benzene rings is 2. The van der Waals surface area contributed by atoms with E-state index in [-0.39, 0.29) is 0 Å². The zero-order valence-electron chi connectivity index (χ0n) is 11.3. The van der Waals surface area contributed by atoms with E-state index in [1.807, 2.05) is 0 Å². The standard InChI is InChI=1S/C11H12.C7H6O2/c1-2-4-11-9-6-5-8(7-9)10(11)3-1;8-7(9)6-4-2-1-3-5-6/h1-4,8-9H,5-7H2;1-5H,(H,8,9). The number of hydrogen-bond acceptors (Lipinski definition) is 1. The summed E-state index contributed by atoms with van der Waals surface area (Å²) in [5.41, 5.74) is 3.64. The van der Waals surface area contributed by atoms with E-state index in [1.54, 1.807) is 41.5 Å². The highest BCUT2D eigenvalue weighted by molar-refractivity contribution is 5.87. The van der Waals surface area contributed by atoms with Gasteiger partial charge in [-0.2, -0.15) is 0 Å². The van der Waals surface area contributed by atoms with Crippen LogP contribution in [0.3, 0.4) is 0 Å². The fourth-order valence-corrected chi connectivity index (χ4v) is 3.38. The lowest BCUT2D eigenvalue weighted by atomic mass is 9.92. The molecule has 1 fully saturated rings. The molecule has 0 aliphatic heterocycles. The molecule has 1 N–H and O–H groups in total. The summed E-state index contributed by atoms with van der Waals surface area (Å²) in [6.45, 7) is 0. The first-order chi connectivity index (χ1) is 9.75. The Morgan fingerprint density at radius 2 is 1.35 bits per heavy atom. The van der Waals surface area contributed by atoms with Crippen LogP contribution < -0.4 is 0 Å². The minimum Gasteiger partial charge on any atom is -0.478 e. The Labute approximate surface area is 119 Å². The van der Waals surface area contributed by atoms with Crippen molar-refractivity contribution in [2.45, 2.75) is 31.1 Å². The van der Waals surface area contributed by atoms with Crippen LogP contribution in [0.5, 0.6) is 0 Å². The highest BCUT2D eigenvalue weighted by Gasteiger charge is 2.35. The predicted octanol–water partition coefficient (Wildman–Crippen LogP) is 4.44. The first-order valence-electron chi connectivity index (χ1n) is 7.13. The topological polar surface area (TPSA) is 37.3 Å². The summed E-state index contributed by atoms with van der Waals surface area (Å²) in [4.78, 5) is 10.2. The molecular formula is C18H18O2. The van der Waals surface area contributed by atoms with Gasteiger partial charge in [-0.05, 0) is 54.4 Å². The second kappa shape index (κ2) is 5.49. The second-order valence-electron chi connectivity index (χ2n) is 5.51. The van der Waals surface area contributed by atoms with Crippen LogP contribution in [-0.2, 0) is 0 Å². The number of rotatable bonds is 1. The van der Waals surface area contributed by atoms with Gasteiger partial charge in [-0.15, -0.1) is 0 Å². The quantitative estimate of drug-likeness (QED) is 0.828. The second-order valence-corrected chi connectivity index (χ2v) is 5.51. The lowest BCUT2D eigenvalue weighted by molar-refractivity contribution is 0.0697. The number of fused-ring (bicyclic) bond motifs is 5. The monoisotopic (exact) mass is 266 g/mol. The zero-order chi connectivity index (χ0) is 13.9. The maximum atomic E-state index is 10.2. The molecule has 0 saturated heterocycles. The molecule has 102 valence electrons. The normalized spacial score (nSPS) is 21.8. The van der Waals surface area contributed by atoms with Gasteiger partial charge in [0.1, 0.15) is 0 Å². The van der Waals surface area contributed by atoms with Crippen molar-refractivity contribution in [1.82, 2.24) is 0 Å². The molecule has 0 spiro atoms. The third kappa shape index (κ3) is 2.46. The average molecular weight is 266 g/mol. The molecule has 2 aliphatic carbocycles. The molecule has 2 aliphatic rings. The van der Waals surface area contributed by atoms with E-state index in [0.29, 0.717) is 5.56 Å². The van der Waals surface area contributed by atoms with Crippen LogP contribution in [0, 0.1) is 0 Å². The van der Waals surface area contributed by atoms with Gasteiger partial charge in [-0.25, -0.2) is 4.79 Å². The number of carboxylic acids is 1. The lowest BCUT2D eigenvalue weighted by Gasteiger charge is -2.13. The van der Waals surface area contributed by atoms with E-state index < -0.39 is 5.97 Å². The molecule has 20 heavy (non-hydrogen) atoms. The van der Waals surface area contributed by atoms with Crippen molar-refractivity contribution in [3.05, 3.63) is 71.3 Å². The predicted molar refractivity (Wildman–Crippen MR) is 79.2 cm³/mol. The van der Waals surface area contributed by atoms with Crippen molar-refractivity contribution in [1.29, 1.82) is 0 Å². The van der Waals surface area contributed by atoms with Crippen molar-refractivity contribution < 1.29 is 9.90 Å². The fraction of sp³-hybridized carbons (Fsp3) is 0.278. The average Bonchev–Trinajstić information content (AvgIpc) is 3.11. The Hall–Kier alpha value is -2.09. The molecule has 2 unspecified atom stereocenters. The summed E-state index contributed by atoms with van der Waals surface area (Å²) in [6, 6.07) is 17.3. The summed E-state index contributed by atoms with van der Waals surface area (Å²) in [6.07, 6.45) is 4.34. The molecule has 0 heterocycles. The maximum Gasteiger partial charge on any atom is 0.335 e. The van der Waals surface area contributed by atoms with Crippen molar-refractivity contribution in [3.8, 4) is 0 Å². The molecule has 0 aromatic heterocycles. The molecule has 2 atom stereocenters. The molecule has 0 radical (unpaired) electrons. The Balaban J connectivity index is 0.000000124. The highest BCUT2D eigenvalue weighted by atomic mass is 16.4. The molecule has 2 nitrogen and oxygen atoms in total. The first kappa shape index (κ1) is 12.9. The lowest BCUT2D eigenvalue weighted by Crippen LogP contribution is -1.95. The third-order valence-corrected chi connectivity index (χ3v) is 4.33. The number of aromatic carboxylic acids is 1. The van der Waals surface area contributed by atoms with Gasteiger partial charge in [0.25, 0.3) is 0 Å². The Morgan fingerprint density at radius 1 is 0.850 bits per heavy atom. The molecule has 2 aromatic carbocycles. The smallest absolute Gasteiger partial charge is 0.335 e. The van der Waals surface area contributed by atoms with Gasteiger partial charge in [0.15, 0.2) is 0 Å². The number of hydrogen-bond donors (Lipinski definition) is 1. The fourth-order valence-electron chi connectivity index (χ4n) is 3.38. The molecule has 4 rings (SSSR count). The van der Waals surface area contributed by atoms with E-state index in [4.69, 9.17) is 5.11 Å². The summed E-state index contributed by atoms with van der Waals surface area (Å²) in [5, 5.41) is 8.38. The Morgan fingerprint density at radius 3 is 1.80 bits per heavy atom. The largest absolute Gasteiger partial charge is 0.478 e. The van der Waals surface area contributed by atoms with Crippen LogP contribution in [0.1, 0.15) is 52.6 Å². The van der Waals surface area contributed by atoms with E-state index in [9.17, 15) is 4.79 Å².